The predicted octanol–water partition coefficient (Wildman–Crippen LogP) is -0.864. The molecule has 0 bridgehead atoms. The molecule has 1 aromatic carbocycles. The second-order valence-corrected chi connectivity index (χ2v) is 6.40. The fourth-order valence-electron chi connectivity index (χ4n) is 3.58. The molecule has 9 heteroatoms. The van der Waals surface area contributed by atoms with Gasteiger partial charge in [-0.2, -0.15) is 0 Å². The van der Waals surface area contributed by atoms with Crippen molar-refractivity contribution >= 4 is 17.1 Å². The van der Waals surface area contributed by atoms with Gasteiger partial charge < -0.3 is 30.6 Å². The molecule has 0 saturated carbocycles. The fraction of sp³-hybridized carbons (Fsp3) is 0.625. The molecule has 9 nitrogen and oxygen atoms in total. The van der Waals surface area contributed by atoms with E-state index in [2.05, 4.69) is 15.5 Å². The van der Waals surface area contributed by atoms with Crippen LogP contribution in [0, 0.1) is 10.1 Å². The summed E-state index contributed by atoms with van der Waals surface area (Å²) in [6.07, 6.45) is 0. The first-order valence-corrected chi connectivity index (χ1v) is 8.60. The van der Waals surface area contributed by atoms with Crippen LogP contribution in [-0.2, 0) is 0 Å². The quantitative estimate of drug-likeness (QED) is 0.400. The van der Waals surface area contributed by atoms with Gasteiger partial charge in [-0.1, -0.05) is 0 Å². The first-order valence-electron chi connectivity index (χ1n) is 8.60. The number of aliphatic hydroxyl groups excluding tert-OH is 2. The van der Waals surface area contributed by atoms with E-state index < -0.39 is 4.92 Å². The van der Waals surface area contributed by atoms with Crippen molar-refractivity contribution in [1.82, 2.24) is 10.6 Å². The third-order valence-corrected chi connectivity index (χ3v) is 4.91. The van der Waals surface area contributed by atoms with Gasteiger partial charge >= 0.3 is 0 Å². The highest BCUT2D eigenvalue weighted by molar-refractivity contribution is 5.75. The van der Waals surface area contributed by atoms with Gasteiger partial charge in [0.2, 0.25) is 0 Å². The largest absolute Gasteiger partial charge is 0.394 e. The fourth-order valence-corrected chi connectivity index (χ4v) is 3.58. The summed E-state index contributed by atoms with van der Waals surface area (Å²) in [5.41, 5.74) is 1.64. The van der Waals surface area contributed by atoms with E-state index in [4.69, 9.17) is 0 Å². The minimum atomic E-state index is -0.398. The first-order chi connectivity index (χ1) is 12.2. The van der Waals surface area contributed by atoms with Crippen LogP contribution >= 0.6 is 0 Å². The third-order valence-electron chi connectivity index (χ3n) is 4.91. The van der Waals surface area contributed by atoms with Crippen molar-refractivity contribution in [3.63, 3.8) is 0 Å². The van der Waals surface area contributed by atoms with Crippen molar-refractivity contribution in [2.45, 2.75) is 12.1 Å². The number of aliphatic hydroxyl groups is 2. The zero-order valence-corrected chi connectivity index (χ0v) is 14.1. The number of anilines is 2. The molecular formula is C16H25N5O4. The summed E-state index contributed by atoms with van der Waals surface area (Å²) in [6, 6.07) is 4.64. The predicted molar refractivity (Wildman–Crippen MR) is 95.3 cm³/mol. The SMILES string of the molecule is O=[N+]([O-])c1ccc(N2CCNC[C@@H]2CO)c(N2CCNC[C@H]2CO)c1. The summed E-state index contributed by atoms with van der Waals surface area (Å²) in [7, 11) is 0. The summed E-state index contributed by atoms with van der Waals surface area (Å²) in [5.74, 6) is 0. The van der Waals surface area contributed by atoms with E-state index in [1.54, 1.807) is 12.1 Å². The Kier molecular flexibility index (Phi) is 5.69. The van der Waals surface area contributed by atoms with E-state index in [9.17, 15) is 20.3 Å². The van der Waals surface area contributed by atoms with Crippen molar-refractivity contribution in [1.29, 1.82) is 0 Å². The zero-order valence-electron chi connectivity index (χ0n) is 14.1. The molecule has 4 N–H and O–H groups in total. The Morgan fingerprint density at radius 1 is 1.04 bits per heavy atom. The van der Waals surface area contributed by atoms with E-state index in [-0.39, 0.29) is 31.0 Å². The lowest BCUT2D eigenvalue weighted by Crippen LogP contribution is -2.55. The van der Waals surface area contributed by atoms with E-state index in [1.807, 2.05) is 4.90 Å². The molecule has 0 aliphatic carbocycles. The topological polar surface area (TPSA) is 114 Å². The Hall–Kier alpha value is -1.94. The van der Waals surface area contributed by atoms with Crippen LogP contribution in [0.15, 0.2) is 18.2 Å². The van der Waals surface area contributed by atoms with Gasteiger partial charge in [0, 0.05) is 51.4 Å². The van der Waals surface area contributed by atoms with Gasteiger partial charge in [0.1, 0.15) is 0 Å². The van der Waals surface area contributed by atoms with E-state index in [1.165, 1.54) is 6.07 Å². The van der Waals surface area contributed by atoms with Crippen molar-refractivity contribution in [2.24, 2.45) is 0 Å². The summed E-state index contributed by atoms with van der Waals surface area (Å²) in [4.78, 5) is 15.0. The molecule has 2 aliphatic heterocycles. The Morgan fingerprint density at radius 2 is 1.60 bits per heavy atom. The lowest BCUT2D eigenvalue weighted by molar-refractivity contribution is -0.384. The van der Waals surface area contributed by atoms with Gasteiger partial charge in [-0.05, 0) is 6.07 Å². The number of benzene rings is 1. The molecule has 0 aromatic heterocycles. The Morgan fingerprint density at radius 3 is 2.12 bits per heavy atom. The molecule has 2 heterocycles. The summed E-state index contributed by atoms with van der Waals surface area (Å²) < 4.78 is 0. The van der Waals surface area contributed by atoms with Crippen molar-refractivity contribution in [3.05, 3.63) is 28.3 Å². The number of nitro groups is 1. The monoisotopic (exact) mass is 351 g/mol. The smallest absolute Gasteiger partial charge is 0.271 e. The van der Waals surface area contributed by atoms with Gasteiger partial charge in [-0.15, -0.1) is 0 Å². The number of rotatable bonds is 5. The maximum Gasteiger partial charge on any atom is 0.271 e. The van der Waals surface area contributed by atoms with Crippen LogP contribution in [0.3, 0.4) is 0 Å². The van der Waals surface area contributed by atoms with Crippen LogP contribution in [0.1, 0.15) is 0 Å². The molecule has 0 amide bonds. The molecule has 0 spiro atoms. The van der Waals surface area contributed by atoms with E-state index in [0.717, 1.165) is 24.5 Å². The van der Waals surface area contributed by atoms with Crippen molar-refractivity contribution in [2.75, 3.05) is 62.3 Å². The summed E-state index contributed by atoms with van der Waals surface area (Å²) >= 11 is 0. The minimum absolute atomic E-state index is 0.00834. The van der Waals surface area contributed by atoms with Crippen molar-refractivity contribution < 1.29 is 15.1 Å². The molecule has 0 unspecified atom stereocenters. The normalized spacial score (nSPS) is 24.4. The number of nitrogens with one attached hydrogen (secondary N) is 2. The third kappa shape index (κ3) is 3.69. The maximum atomic E-state index is 11.3. The van der Waals surface area contributed by atoms with Crippen molar-refractivity contribution in [3.8, 4) is 0 Å². The number of piperazine rings is 2. The van der Waals surface area contributed by atoms with Crippen LogP contribution < -0.4 is 20.4 Å². The van der Waals surface area contributed by atoms with Gasteiger partial charge in [-0.3, -0.25) is 10.1 Å². The van der Waals surface area contributed by atoms with E-state index in [0.29, 0.717) is 26.2 Å². The average molecular weight is 351 g/mol. The molecule has 0 radical (unpaired) electrons. The van der Waals surface area contributed by atoms with Gasteiger partial charge in [0.25, 0.3) is 5.69 Å². The van der Waals surface area contributed by atoms with Crippen LogP contribution in [0.4, 0.5) is 17.1 Å². The molecule has 3 rings (SSSR count). The average Bonchev–Trinajstić information content (AvgIpc) is 2.67. The molecule has 138 valence electrons. The summed E-state index contributed by atoms with van der Waals surface area (Å²) in [6.45, 7) is 4.19. The number of hydrogen-bond acceptors (Lipinski definition) is 8. The van der Waals surface area contributed by atoms with Crippen LogP contribution in [0.2, 0.25) is 0 Å². The lowest BCUT2D eigenvalue weighted by Gasteiger charge is -2.42. The standard InChI is InChI=1S/C16H25N5O4/c22-10-13-8-17-3-5-19(13)15-2-1-12(21(24)25)7-16(15)20-6-4-18-9-14(20)11-23/h1-2,7,13-14,17-18,22-23H,3-6,8-11H2/t13-,14+/m1/s1. The molecule has 2 atom stereocenters. The van der Waals surface area contributed by atoms with Crippen LogP contribution in [-0.4, -0.2) is 79.7 Å². The number of non-ortho nitro benzene ring substituents is 1. The lowest BCUT2D eigenvalue weighted by atomic mass is 10.1. The second kappa shape index (κ2) is 7.96. The Labute approximate surface area is 146 Å². The molecule has 2 saturated heterocycles. The molecule has 2 aliphatic rings. The Balaban J connectivity index is 2.03. The van der Waals surface area contributed by atoms with Gasteiger partial charge in [-0.25, -0.2) is 0 Å². The number of nitrogens with zero attached hydrogens (tertiary/aromatic N) is 3. The molecule has 25 heavy (non-hydrogen) atoms. The highest BCUT2D eigenvalue weighted by atomic mass is 16.6. The highest BCUT2D eigenvalue weighted by Gasteiger charge is 2.30. The highest BCUT2D eigenvalue weighted by Crippen LogP contribution is 2.36. The zero-order chi connectivity index (χ0) is 17.8. The molecular weight excluding hydrogens is 326 g/mol. The molecule has 2 fully saturated rings. The van der Waals surface area contributed by atoms with Crippen LogP contribution in [0.5, 0.6) is 0 Å². The maximum absolute atomic E-state index is 11.3. The minimum Gasteiger partial charge on any atom is -0.394 e. The van der Waals surface area contributed by atoms with Gasteiger partial charge in [0.15, 0.2) is 0 Å². The number of hydrogen-bond donors (Lipinski definition) is 4. The Bertz CT molecular complexity index is 614. The first kappa shape index (κ1) is 17.9. The number of nitro benzene ring substituents is 1. The molecule has 1 aromatic rings. The van der Waals surface area contributed by atoms with Crippen LogP contribution in [0.25, 0.3) is 0 Å². The van der Waals surface area contributed by atoms with E-state index >= 15 is 0 Å². The second-order valence-electron chi connectivity index (χ2n) is 6.40. The summed E-state index contributed by atoms with van der Waals surface area (Å²) in [5, 5.41) is 37.2. The van der Waals surface area contributed by atoms with Gasteiger partial charge in [0.05, 0.1) is 41.6 Å².